The fraction of sp³-hybridized carbons (Fsp3) is 0.200. The zero-order chi connectivity index (χ0) is 14.5. The minimum absolute atomic E-state index is 0.146. The van der Waals surface area contributed by atoms with Crippen molar-refractivity contribution in [1.29, 1.82) is 0 Å². The Labute approximate surface area is 126 Å². The van der Waals surface area contributed by atoms with Gasteiger partial charge in [0.2, 0.25) is 0 Å². The molecule has 0 aliphatic carbocycles. The first kappa shape index (κ1) is 14.7. The number of halogens is 1. The number of carbonyl (C=O) groups excluding carboxylic acids is 1. The third kappa shape index (κ3) is 3.65. The average molecular weight is 334 g/mol. The molecule has 5 heteroatoms. The van der Waals surface area contributed by atoms with Crippen molar-refractivity contribution >= 4 is 27.5 Å². The number of nitrogens with one attached hydrogen (secondary N) is 1. The molecule has 1 aromatic heterocycles. The SMILES string of the molecule is Cc1ccc(Br)cc1NC(=O)c1ccnc(CCN)c1. The molecule has 0 bridgehead atoms. The van der Waals surface area contributed by atoms with Crippen molar-refractivity contribution < 1.29 is 4.79 Å². The number of pyridine rings is 1. The topological polar surface area (TPSA) is 68.0 Å². The number of amides is 1. The summed E-state index contributed by atoms with van der Waals surface area (Å²) in [6.45, 7) is 2.47. The Morgan fingerprint density at radius 2 is 2.15 bits per heavy atom. The summed E-state index contributed by atoms with van der Waals surface area (Å²) in [7, 11) is 0. The van der Waals surface area contributed by atoms with Crippen LogP contribution in [-0.2, 0) is 6.42 Å². The summed E-state index contributed by atoms with van der Waals surface area (Å²) in [5, 5.41) is 2.91. The van der Waals surface area contributed by atoms with Gasteiger partial charge in [0.25, 0.3) is 5.91 Å². The van der Waals surface area contributed by atoms with Crippen molar-refractivity contribution in [3.63, 3.8) is 0 Å². The number of hydrogen-bond donors (Lipinski definition) is 2. The lowest BCUT2D eigenvalue weighted by atomic mass is 10.1. The van der Waals surface area contributed by atoms with Gasteiger partial charge >= 0.3 is 0 Å². The summed E-state index contributed by atoms with van der Waals surface area (Å²) in [6, 6.07) is 9.25. The molecule has 3 N–H and O–H groups in total. The quantitative estimate of drug-likeness (QED) is 0.903. The molecule has 0 aliphatic rings. The number of nitrogens with zero attached hydrogens (tertiary/aromatic N) is 1. The van der Waals surface area contributed by atoms with Crippen LogP contribution in [0.3, 0.4) is 0 Å². The van der Waals surface area contributed by atoms with Crippen molar-refractivity contribution in [2.45, 2.75) is 13.3 Å². The molecule has 2 rings (SSSR count). The number of nitrogens with two attached hydrogens (primary N) is 1. The highest BCUT2D eigenvalue weighted by Gasteiger charge is 2.09. The monoisotopic (exact) mass is 333 g/mol. The highest BCUT2D eigenvalue weighted by atomic mass is 79.9. The van der Waals surface area contributed by atoms with E-state index in [-0.39, 0.29) is 5.91 Å². The molecule has 1 aromatic carbocycles. The Morgan fingerprint density at radius 1 is 1.35 bits per heavy atom. The minimum atomic E-state index is -0.146. The van der Waals surface area contributed by atoms with Crippen LogP contribution in [0.5, 0.6) is 0 Å². The molecule has 0 radical (unpaired) electrons. The predicted octanol–water partition coefficient (Wildman–Crippen LogP) is 2.91. The standard InChI is InChI=1S/C15H16BrN3O/c1-10-2-3-12(16)9-14(10)19-15(20)11-5-7-18-13(8-11)4-6-17/h2-3,5,7-9H,4,6,17H2,1H3,(H,19,20). The fourth-order valence-corrected chi connectivity index (χ4v) is 2.19. The van der Waals surface area contributed by atoms with E-state index in [0.29, 0.717) is 18.5 Å². The van der Waals surface area contributed by atoms with Gasteiger partial charge in [-0.1, -0.05) is 22.0 Å². The molecule has 0 atom stereocenters. The molecular formula is C15H16BrN3O. The van der Waals surface area contributed by atoms with Gasteiger partial charge in [-0.25, -0.2) is 0 Å². The van der Waals surface area contributed by atoms with E-state index in [1.807, 2.05) is 25.1 Å². The van der Waals surface area contributed by atoms with Crippen LogP contribution < -0.4 is 11.1 Å². The lowest BCUT2D eigenvalue weighted by molar-refractivity contribution is 0.102. The minimum Gasteiger partial charge on any atom is -0.330 e. The maximum atomic E-state index is 12.2. The Kier molecular flexibility index (Phi) is 4.87. The molecule has 0 aliphatic heterocycles. The van der Waals surface area contributed by atoms with Crippen LogP contribution in [0.1, 0.15) is 21.6 Å². The molecule has 20 heavy (non-hydrogen) atoms. The predicted molar refractivity (Wildman–Crippen MR) is 83.8 cm³/mol. The fourth-order valence-electron chi connectivity index (χ4n) is 1.83. The first-order chi connectivity index (χ1) is 9.60. The highest BCUT2D eigenvalue weighted by molar-refractivity contribution is 9.10. The van der Waals surface area contributed by atoms with Crippen molar-refractivity contribution in [2.24, 2.45) is 5.73 Å². The van der Waals surface area contributed by atoms with E-state index in [1.54, 1.807) is 18.3 Å². The Hall–Kier alpha value is -1.72. The molecule has 0 unspecified atom stereocenters. The van der Waals surface area contributed by atoms with E-state index >= 15 is 0 Å². The molecule has 0 fully saturated rings. The second-order valence-corrected chi connectivity index (χ2v) is 5.40. The number of rotatable bonds is 4. The largest absolute Gasteiger partial charge is 0.330 e. The lowest BCUT2D eigenvalue weighted by Crippen LogP contribution is -2.14. The van der Waals surface area contributed by atoms with Crippen LogP contribution >= 0.6 is 15.9 Å². The molecular weight excluding hydrogens is 318 g/mol. The van der Waals surface area contributed by atoms with Crippen LogP contribution in [0.4, 0.5) is 5.69 Å². The number of anilines is 1. The van der Waals surface area contributed by atoms with Gasteiger partial charge in [-0.05, 0) is 43.3 Å². The lowest BCUT2D eigenvalue weighted by Gasteiger charge is -2.09. The van der Waals surface area contributed by atoms with E-state index in [0.717, 1.165) is 21.4 Å². The van der Waals surface area contributed by atoms with Crippen LogP contribution in [0.2, 0.25) is 0 Å². The number of carbonyl (C=O) groups is 1. The van der Waals surface area contributed by atoms with Gasteiger partial charge in [-0.3, -0.25) is 9.78 Å². The van der Waals surface area contributed by atoms with Crippen LogP contribution in [-0.4, -0.2) is 17.4 Å². The smallest absolute Gasteiger partial charge is 0.255 e. The summed E-state index contributed by atoms with van der Waals surface area (Å²) in [6.07, 6.45) is 2.30. The van der Waals surface area contributed by atoms with E-state index in [2.05, 4.69) is 26.2 Å². The van der Waals surface area contributed by atoms with Gasteiger partial charge in [0, 0.05) is 34.0 Å². The van der Waals surface area contributed by atoms with Crippen molar-refractivity contribution in [1.82, 2.24) is 4.98 Å². The number of benzene rings is 1. The van der Waals surface area contributed by atoms with Crippen molar-refractivity contribution in [3.8, 4) is 0 Å². The molecule has 0 saturated carbocycles. The van der Waals surface area contributed by atoms with Crippen LogP contribution in [0.25, 0.3) is 0 Å². The van der Waals surface area contributed by atoms with E-state index in [4.69, 9.17) is 5.73 Å². The van der Waals surface area contributed by atoms with Crippen LogP contribution in [0, 0.1) is 6.92 Å². The summed E-state index contributed by atoms with van der Waals surface area (Å²) in [5.41, 5.74) is 8.72. The first-order valence-electron chi connectivity index (χ1n) is 6.32. The Balaban J connectivity index is 2.19. The van der Waals surface area contributed by atoms with Gasteiger partial charge in [-0.15, -0.1) is 0 Å². The summed E-state index contributed by atoms with van der Waals surface area (Å²) >= 11 is 3.40. The zero-order valence-electron chi connectivity index (χ0n) is 11.2. The summed E-state index contributed by atoms with van der Waals surface area (Å²) < 4.78 is 0.928. The van der Waals surface area contributed by atoms with Crippen molar-refractivity contribution in [2.75, 3.05) is 11.9 Å². The second kappa shape index (κ2) is 6.63. The molecule has 104 valence electrons. The highest BCUT2D eigenvalue weighted by Crippen LogP contribution is 2.21. The second-order valence-electron chi connectivity index (χ2n) is 4.49. The third-order valence-electron chi connectivity index (χ3n) is 2.93. The van der Waals surface area contributed by atoms with Gasteiger partial charge in [0.05, 0.1) is 0 Å². The summed E-state index contributed by atoms with van der Waals surface area (Å²) in [4.78, 5) is 16.4. The molecule has 2 aromatic rings. The molecule has 1 heterocycles. The first-order valence-corrected chi connectivity index (χ1v) is 7.12. The van der Waals surface area contributed by atoms with Gasteiger partial charge < -0.3 is 11.1 Å². The van der Waals surface area contributed by atoms with Crippen molar-refractivity contribution in [3.05, 3.63) is 57.8 Å². The van der Waals surface area contributed by atoms with E-state index in [9.17, 15) is 4.79 Å². The van der Waals surface area contributed by atoms with Crippen LogP contribution in [0.15, 0.2) is 41.0 Å². The maximum absolute atomic E-state index is 12.2. The molecule has 1 amide bonds. The number of aromatic nitrogens is 1. The van der Waals surface area contributed by atoms with E-state index < -0.39 is 0 Å². The third-order valence-corrected chi connectivity index (χ3v) is 3.42. The van der Waals surface area contributed by atoms with Gasteiger partial charge in [-0.2, -0.15) is 0 Å². The number of aryl methyl sites for hydroxylation is 1. The average Bonchev–Trinajstić information content (AvgIpc) is 2.43. The summed E-state index contributed by atoms with van der Waals surface area (Å²) in [5.74, 6) is -0.146. The molecule has 0 spiro atoms. The molecule has 4 nitrogen and oxygen atoms in total. The molecule has 0 saturated heterocycles. The van der Waals surface area contributed by atoms with E-state index in [1.165, 1.54) is 0 Å². The number of hydrogen-bond acceptors (Lipinski definition) is 3. The van der Waals surface area contributed by atoms with Gasteiger partial charge in [0.1, 0.15) is 0 Å². The maximum Gasteiger partial charge on any atom is 0.255 e. The Morgan fingerprint density at radius 3 is 2.90 bits per heavy atom. The zero-order valence-corrected chi connectivity index (χ0v) is 12.8. The van der Waals surface area contributed by atoms with Gasteiger partial charge in [0.15, 0.2) is 0 Å². The Bertz CT molecular complexity index is 628. The normalized spacial score (nSPS) is 10.3.